The first-order valence-electron chi connectivity index (χ1n) is 13.5. The zero-order valence-electron chi connectivity index (χ0n) is 23.1. The van der Waals surface area contributed by atoms with E-state index in [1.165, 1.54) is 28.9 Å². The predicted molar refractivity (Wildman–Crippen MR) is 167 cm³/mol. The minimum absolute atomic E-state index is 0.0684. The molecule has 42 heavy (non-hydrogen) atoms. The van der Waals surface area contributed by atoms with Gasteiger partial charge in [0.25, 0.3) is 5.56 Å². The molecule has 6 nitrogen and oxygen atoms in total. The number of rotatable bonds is 9. The van der Waals surface area contributed by atoms with E-state index >= 15 is 4.39 Å². The Kier molecular flexibility index (Phi) is 8.03. The Morgan fingerprint density at radius 1 is 0.833 bits per heavy atom. The number of ether oxygens (including phenoxy) is 1. The molecule has 0 unspecified atom stereocenters. The lowest BCUT2D eigenvalue weighted by Gasteiger charge is -2.18. The molecule has 6 rings (SSSR count). The molecule has 0 radical (unpaired) electrons. The maximum absolute atomic E-state index is 15.3. The number of thiophene rings is 1. The molecule has 0 aliphatic carbocycles. The topological polar surface area (TPSA) is 69.9 Å². The van der Waals surface area contributed by atoms with Gasteiger partial charge in [0.05, 0.1) is 21.7 Å². The average molecular weight is 595 g/mol. The Bertz CT molecular complexity index is 1900. The van der Waals surface area contributed by atoms with Crippen LogP contribution < -0.4 is 10.3 Å². The van der Waals surface area contributed by atoms with E-state index in [4.69, 9.17) is 9.72 Å². The second-order valence-electron chi connectivity index (χ2n) is 9.79. The van der Waals surface area contributed by atoms with Crippen molar-refractivity contribution < 1.29 is 9.13 Å². The summed E-state index contributed by atoms with van der Waals surface area (Å²) in [4.78, 5) is 25.5. The Morgan fingerprint density at radius 2 is 1.55 bits per heavy atom. The molecule has 3 aromatic heterocycles. The Morgan fingerprint density at radius 3 is 2.26 bits per heavy atom. The van der Waals surface area contributed by atoms with E-state index in [2.05, 4.69) is 9.36 Å². The Hall–Kier alpha value is -4.47. The van der Waals surface area contributed by atoms with Gasteiger partial charge in [-0.25, -0.2) is 14.4 Å². The summed E-state index contributed by atoms with van der Waals surface area (Å²) >= 11 is 2.82. The summed E-state index contributed by atoms with van der Waals surface area (Å²) in [6.45, 7) is 4.22. The van der Waals surface area contributed by atoms with Crippen molar-refractivity contribution in [2.24, 2.45) is 0 Å². The van der Waals surface area contributed by atoms with Crippen molar-refractivity contribution in [2.45, 2.75) is 33.4 Å². The molecule has 0 bridgehead atoms. The molecule has 0 aliphatic rings. The lowest BCUT2D eigenvalue weighted by molar-refractivity contribution is 0.291. The van der Waals surface area contributed by atoms with Crippen molar-refractivity contribution in [3.63, 3.8) is 0 Å². The summed E-state index contributed by atoms with van der Waals surface area (Å²) in [5, 5.41) is 0.815. The molecule has 0 aliphatic heterocycles. The smallest absolute Gasteiger partial charge is 0.262 e. The van der Waals surface area contributed by atoms with Crippen molar-refractivity contribution in [1.82, 2.24) is 18.9 Å². The molecule has 0 atom stereocenters. The van der Waals surface area contributed by atoms with Crippen molar-refractivity contribution in [3.8, 4) is 37.5 Å². The van der Waals surface area contributed by atoms with E-state index in [0.717, 1.165) is 31.7 Å². The fraction of sp³-hybridized carbons (Fsp3) is 0.152. The molecular formula is C33H27FN4O2S2. The molecule has 0 saturated carbocycles. The highest BCUT2D eigenvalue weighted by Gasteiger charge is 2.23. The van der Waals surface area contributed by atoms with E-state index in [-0.39, 0.29) is 17.9 Å². The third-order valence-electron chi connectivity index (χ3n) is 6.84. The monoisotopic (exact) mass is 594 g/mol. The second kappa shape index (κ2) is 12.2. The van der Waals surface area contributed by atoms with Gasteiger partial charge in [-0.1, -0.05) is 66.7 Å². The number of para-hydroxylation sites is 1. The standard InChI is InChI=1S/C33H27FN4O2S2/c1-21-29(27-16-17-28(41-27)32-36-22(2)37-42-32)33(39)38(19-18-23-10-5-3-6-11-23)31(35-21)25-14-9-15-26(34)30(25)40-20-24-12-7-4-8-13-24/h3-17H,18-20H2,1-2H3. The van der Waals surface area contributed by atoms with Crippen LogP contribution in [0.25, 0.3) is 31.7 Å². The minimum atomic E-state index is -0.510. The highest BCUT2D eigenvalue weighted by Crippen LogP contribution is 2.37. The van der Waals surface area contributed by atoms with E-state index in [0.29, 0.717) is 35.6 Å². The van der Waals surface area contributed by atoms with Gasteiger partial charge in [0.2, 0.25) is 0 Å². The third-order valence-corrected chi connectivity index (χ3v) is 8.92. The molecule has 0 N–H and O–H groups in total. The molecule has 0 saturated heterocycles. The van der Waals surface area contributed by atoms with Gasteiger partial charge in [0.1, 0.15) is 18.3 Å². The van der Waals surface area contributed by atoms with Crippen LogP contribution in [-0.4, -0.2) is 18.9 Å². The van der Waals surface area contributed by atoms with Gasteiger partial charge >= 0.3 is 0 Å². The van der Waals surface area contributed by atoms with E-state index in [1.54, 1.807) is 16.7 Å². The molecule has 3 aromatic carbocycles. The Balaban J connectivity index is 1.46. The summed E-state index contributed by atoms with van der Waals surface area (Å²) in [7, 11) is 0. The molecule has 3 heterocycles. The molecule has 210 valence electrons. The fourth-order valence-electron chi connectivity index (χ4n) is 4.79. The quantitative estimate of drug-likeness (QED) is 0.171. The largest absolute Gasteiger partial charge is 0.485 e. The van der Waals surface area contributed by atoms with Gasteiger partial charge in [-0.2, -0.15) is 4.37 Å². The van der Waals surface area contributed by atoms with Crippen molar-refractivity contribution >= 4 is 22.9 Å². The first-order chi connectivity index (χ1) is 20.5. The minimum Gasteiger partial charge on any atom is -0.485 e. The van der Waals surface area contributed by atoms with Crippen LogP contribution in [0.3, 0.4) is 0 Å². The molecular weight excluding hydrogens is 568 g/mol. The Labute approximate surface area is 250 Å². The van der Waals surface area contributed by atoms with Crippen molar-refractivity contribution in [2.75, 3.05) is 0 Å². The van der Waals surface area contributed by atoms with Crippen LogP contribution in [0.1, 0.15) is 22.6 Å². The molecule has 0 fully saturated rings. The van der Waals surface area contributed by atoms with Crippen LogP contribution >= 0.6 is 22.9 Å². The highest BCUT2D eigenvalue weighted by molar-refractivity contribution is 7.22. The van der Waals surface area contributed by atoms with E-state index < -0.39 is 5.82 Å². The van der Waals surface area contributed by atoms with Crippen molar-refractivity contribution in [3.05, 3.63) is 130 Å². The number of aromatic nitrogens is 4. The first kappa shape index (κ1) is 27.7. The third kappa shape index (κ3) is 5.79. The first-order valence-corrected chi connectivity index (χ1v) is 15.1. The van der Waals surface area contributed by atoms with Gasteiger partial charge in [-0.3, -0.25) is 9.36 Å². The summed E-state index contributed by atoms with van der Waals surface area (Å²) in [6, 6.07) is 28.2. The zero-order valence-corrected chi connectivity index (χ0v) is 24.7. The summed E-state index contributed by atoms with van der Waals surface area (Å²) in [5.74, 6) is 0.648. The number of nitrogens with zero attached hydrogens (tertiary/aromatic N) is 4. The zero-order chi connectivity index (χ0) is 29.1. The van der Waals surface area contributed by atoms with Crippen LogP contribution in [0.15, 0.2) is 95.8 Å². The van der Waals surface area contributed by atoms with E-state index in [1.807, 2.05) is 86.6 Å². The average Bonchev–Trinajstić information content (AvgIpc) is 3.66. The number of benzene rings is 3. The summed E-state index contributed by atoms with van der Waals surface area (Å²) < 4.78 is 27.3. The van der Waals surface area contributed by atoms with Crippen molar-refractivity contribution in [1.29, 1.82) is 0 Å². The molecule has 0 amide bonds. The van der Waals surface area contributed by atoms with Crippen LogP contribution in [0.2, 0.25) is 0 Å². The number of aryl methyl sites for hydroxylation is 3. The van der Waals surface area contributed by atoms with Crippen LogP contribution in [-0.2, 0) is 19.6 Å². The molecule has 6 aromatic rings. The summed E-state index contributed by atoms with van der Waals surface area (Å²) in [6.07, 6.45) is 0.604. The van der Waals surface area contributed by atoms with Crippen LogP contribution in [0.5, 0.6) is 5.75 Å². The van der Waals surface area contributed by atoms with Gasteiger partial charge in [0, 0.05) is 11.4 Å². The number of hydrogen-bond acceptors (Lipinski definition) is 7. The maximum atomic E-state index is 15.3. The second-order valence-corrected chi connectivity index (χ2v) is 11.6. The number of hydrogen-bond donors (Lipinski definition) is 0. The van der Waals surface area contributed by atoms with Crippen LogP contribution in [0, 0.1) is 19.7 Å². The maximum Gasteiger partial charge on any atom is 0.262 e. The highest BCUT2D eigenvalue weighted by atomic mass is 32.1. The van der Waals surface area contributed by atoms with E-state index in [9.17, 15) is 4.79 Å². The lowest BCUT2D eigenvalue weighted by atomic mass is 10.1. The van der Waals surface area contributed by atoms with Crippen LogP contribution in [0.4, 0.5) is 4.39 Å². The van der Waals surface area contributed by atoms with Gasteiger partial charge < -0.3 is 4.74 Å². The normalized spacial score (nSPS) is 11.1. The lowest BCUT2D eigenvalue weighted by Crippen LogP contribution is -2.27. The number of halogens is 1. The predicted octanol–water partition coefficient (Wildman–Crippen LogP) is 7.73. The van der Waals surface area contributed by atoms with Gasteiger partial charge in [-0.15, -0.1) is 11.3 Å². The summed E-state index contributed by atoms with van der Waals surface area (Å²) in [5.41, 5.74) is 3.32. The van der Waals surface area contributed by atoms with Gasteiger partial charge in [0.15, 0.2) is 16.6 Å². The fourth-order valence-corrected chi connectivity index (χ4v) is 6.60. The molecule has 0 spiro atoms. The van der Waals surface area contributed by atoms with Gasteiger partial charge in [-0.05, 0) is 67.2 Å². The SMILES string of the molecule is Cc1nsc(-c2ccc(-c3c(C)nc(-c4cccc(F)c4OCc4ccccc4)n(CCc4ccccc4)c3=O)s2)n1. The molecule has 9 heteroatoms.